The summed E-state index contributed by atoms with van der Waals surface area (Å²) in [7, 11) is 0. The summed E-state index contributed by atoms with van der Waals surface area (Å²) in [5.41, 5.74) is 0.441. The Morgan fingerprint density at radius 2 is 1.94 bits per heavy atom. The van der Waals surface area contributed by atoms with Gasteiger partial charge in [-0.1, -0.05) is 27.7 Å². The van der Waals surface area contributed by atoms with Gasteiger partial charge in [-0.2, -0.15) is 0 Å². The van der Waals surface area contributed by atoms with E-state index in [1.165, 1.54) is 0 Å². The molecule has 2 fully saturated rings. The molecule has 7 atom stereocenters. The second kappa shape index (κ2) is 11.0. The van der Waals surface area contributed by atoms with Gasteiger partial charge in [0.2, 0.25) is 0 Å². The van der Waals surface area contributed by atoms with Crippen LogP contribution in [-0.2, 0) is 19.1 Å². The smallest absolute Gasteiger partial charge is 0.309 e. The molecule has 2 aliphatic heterocycles. The summed E-state index contributed by atoms with van der Waals surface area (Å²) in [5, 5.41) is 27.8. The number of hydrogen-bond acceptors (Lipinski definition) is 9. The number of Topliss-reactive ketones (excluding diaryl/α,β-unsaturated/α-hetero) is 1. The van der Waals surface area contributed by atoms with Gasteiger partial charge in [0.05, 0.1) is 47.0 Å². The summed E-state index contributed by atoms with van der Waals surface area (Å²) in [6.07, 6.45) is -0.595. The monoisotopic (exact) mass is 494 g/mol. The summed E-state index contributed by atoms with van der Waals surface area (Å²) in [5.74, 6) is -1.71. The largest absolute Gasteiger partial charge is 0.458 e. The summed E-state index contributed by atoms with van der Waals surface area (Å²) in [6, 6.07) is 0. The molecule has 0 saturated carbocycles. The molecule has 2 aliphatic rings. The number of ether oxygens (including phenoxy) is 2. The van der Waals surface area contributed by atoms with Crippen molar-refractivity contribution < 1.29 is 29.3 Å². The Morgan fingerprint density at radius 1 is 1.24 bits per heavy atom. The molecule has 190 valence electrons. The third-order valence-electron chi connectivity index (χ3n) is 7.08. The van der Waals surface area contributed by atoms with Crippen LogP contribution in [-0.4, -0.2) is 70.6 Å². The van der Waals surface area contributed by atoms with E-state index in [1.807, 2.05) is 32.2 Å². The summed E-state index contributed by atoms with van der Waals surface area (Å²) >= 11 is 1.55. The lowest BCUT2D eigenvalue weighted by atomic mass is 9.73. The Labute approximate surface area is 205 Å². The fraction of sp³-hybridized carbons (Fsp3) is 0.720. The second-order valence-corrected chi connectivity index (χ2v) is 11.4. The zero-order valence-electron chi connectivity index (χ0n) is 20.9. The zero-order chi connectivity index (χ0) is 25.2. The molecule has 0 spiro atoms. The van der Waals surface area contributed by atoms with Gasteiger partial charge < -0.3 is 25.0 Å². The van der Waals surface area contributed by atoms with Crippen LogP contribution in [0.5, 0.6) is 0 Å². The van der Waals surface area contributed by atoms with Crippen LogP contribution in [0.3, 0.4) is 0 Å². The average Bonchev–Trinajstić information content (AvgIpc) is 3.38. The van der Waals surface area contributed by atoms with Crippen LogP contribution < -0.4 is 5.32 Å². The van der Waals surface area contributed by atoms with Gasteiger partial charge in [-0.05, 0) is 31.4 Å². The molecular weight excluding hydrogens is 456 g/mol. The first-order chi connectivity index (χ1) is 15.9. The number of esters is 1. The van der Waals surface area contributed by atoms with Crippen LogP contribution in [0.15, 0.2) is 11.0 Å². The summed E-state index contributed by atoms with van der Waals surface area (Å²) in [4.78, 5) is 30.4. The fourth-order valence-electron chi connectivity index (χ4n) is 4.47. The van der Waals surface area contributed by atoms with Crippen molar-refractivity contribution in [1.29, 1.82) is 0 Å². The maximum absolute atomic E-state index is 13.1. The number of hydrogen-bond donors (Lipinski definition) is 3. The number of nitrogens with one attached hydrogen (secondary N) is 1. The van der Waals surface area contributed by atoms with Crippen molar-refractivity contribution in [3.8, 4) is 0 Å². The zero-order valence-corrected chi connectivity index (χ0v) is 21.7. The number of fused-ring (bicyclic) bond motifs is 1. The Balaban J connectivity index is 1.81. The number of epoxide rings is 1. The van der Waals surface area contributed by atoms with E-state index < -0.39 is 35.6 Å². The van der Waals surface area contributed by atoms with Crippen molar-refractivity contribution in [3.63, 3.8) is 0 Å². The molecule has 0 amide bonds. The minimum Gasteiger partial charge on any atom is -0.458 e. The number of ketones is 1. The number of aryl methyl sites for hydroxylation is 1. The highest BCUT2D eigenvalue weighted by atomic mass is 32.1. The van der Waals surface area contributed by atoms with E-state index in [0.29, 0.717) is 19.5 Å². The van der Waals surface area contributed by atoms with Crippen LogP contribution in [0, 0.1) is 24.2 Å². The maximum atomic E-state index is 13.1. The van der Waals surface area contributed by atoms with E-state index in [1.54, 1.807) is 32.1 Å². The van der Waals surface area contributed by atoms with Gasteiger partial charge >= 0.3 is 5.97 Å². The fourth-order valence-corrected chi connectivity index (χ4v) is 5.04. The first kappa shape index (κ1) is 26.9. The van der Waals surface area contributed by atoms with Gasteiger partial charge in [0, 0.05) is 30.8 Å². The lowest BCUT2D eigenvalue weighted by Gasteiger charge is -2.34. The molecular formula is C25H38N2O6S. The first-order valence-electron chi connectivity index (χ1n) is 12.0. The topological polar surface area (TPSA) is 121 Å². The number of aliphatic hydroxyl groups excluding tert-OH is 2. The summed E-state index contributed by atoms with van der Waals surface area (Å²) in [6.45, 7) is 11.8. The van der Waals surface area contributed by atoms with Gasteiger partial charge in [-0.15, -0.1) is 11.3 Å². The number of nitrogens with zero attached hydrogens (tertiary/aromatic N) is 1. The minimum atomic E-state index is -1.24. The van der Waals surface area contributed by atoms with Crippen LogP contribution in [0.4, 0.5) is 0 Å². The van der Waals surface area contributed by atoms with E-state index in [0.717, 1.165) is 16.3 Å². The number of aromatic nitrogens is 1. The predicted octanol–water partition coefficient (Wildman–Crippen LogP) is 2.51. The molecule has 8 nitrogen and oxygen atoms in total. The van der Waals surface area contributed by atoms with E-state index in [2.05, 4.69) is 10.3 Å². The third-order valence-corrected chi connectivity index (χ3v) is 7.87. The van der Waals surface area contributed by atoms with Crippen molar-refractivity contribution in [2.75, 3.05) is 13.1 Å². The highest BCUT2D eigenvalue weighted by molar-refractivity contribution is 7.09. The Bertz CT molecular complexity index is 913. The van der Waals surface area contributed by atoms with E-state index >= 15 is 0 Å². The van der Waals surface area contributed by atoms with E-state index in [-0.39, 0.29) is 30.3 Å². The molecule has 9 heteroatoms. The average molecular weight is 495 g/mol. The van der Waals surface area contributed by atoms with Crippen LogP contribution in [0.1, 0.15) is 58.2 Å². The normalized spacial score (nSPS) is 36.0. The van der Waals surface area contributed by atoms with Gasteiger partial charge in [0.1, 0.15) is 11.9 Å². The maximum Gasteiger partial charge on any atom is 0.309 e. The Kier molecular flexibility index (Phi) is 8.68. The summed E-state index contributed by atoms with van der Waals surface area (Å²) < 4.78 is 11.6. The van der Waals surface area contributed by atoms with Gasteiger partial charge in [0.15, 0.2) is 0 Å². The molecule has 0 radical (unpaired) electrons. The lowest BCUT2D eigenvalue weighted by Crippen LogP contribution is -2.47. The molecule has 34 heavy (non-hydrogen) atoms. The number of cyclic esters (lactones) is 1. The van der Waals surface area contributed by atoms with E-state index in [9.17, 15) is 19.8 Å². The van der Waals surface area contributed by atoms with Crippen molar-refractivity contribution in [3.05, 3.63) is 21.7 Å². The Hall–Kier alpha value is -1.65. The number of aliphatic hydroxyl groups is 2. The molecule has 0 unspecified atom stereocenters. The standard InChI is InChI=1S/C25H38N2O6S/c1-13(7-17-12-34-16(4)27-17)18-8-19-20(32-19)11-26-10-14(2)23(30)15(3)24(31)25(5,6)21(28)9-22(29)33-18/h7,12,14-15,18-21,23,26,28,30H,8-11H2,1-6H3/t14-,15+,18-,19-,20+,21-,23-/m0/s1. The molecule has 0 bridgehead atoms. The molecule has 3 heterocycles. The molecule has 2 saturated heterocycles. The van der Waals surface area contributed by atoms with Crippen LogP contribution in [0.2, 0.25) is 0 Å². The molecule has 3 rings (SSSR count). The molecule has 0 aromatic carbocycles. The lowest BCUT2D eigenvalue weighted by molar-refractivity contribution is -0.154. The Morgan fingerprint density at radius 3 is 2.59 bits per heavy atom. The van der Waals surface area contributed by atoms with Crippen LogP contribution >= 0.6 is 11.3 Å². The number of carbonyl (C=O) groups excluding carboxylic acids is 2. The minimum absolute atomic E-state index is 0.00338. The van der Waals surface area contributed by atoms with Crippen molar-refractivity contribution >= 4 is 29.2 Å². The molecule has 1 aromatic rings. The number of rotatable bonds is 2. The van der Waals surface area contributed by atoms with Crippen molar-refractivity contribution in [2.45, 2.75) is 84.9 Å². The molecule has 0 aliphatic carbocycles. The van der Waals surface area contributed by atoms with Gasteiger partial charge in [0.25, 0.3) is 0 Å². The van der Waals surface area contributed by atoms with Gasteiger partial charge in [-0.3, -0.25) is 9.59 Å². The molecule has 3 N–H and O–H groups in total. The first-order valence-corrected chi connectivity index (χ1v) is 12.8. The SMILES string of the molecule is CC(=Cc1csc(C)n1)[C@@H]1C[C@@H]2O[C@@H]2CNC[C@H](C)[C@H](O)[C@@H](C)C(=O)C(C)(C)[C@@H](O)CC(=O)O1. The predicted molar refractivity (Wildman–Crippen MR) is 130 cm³/mol. The van der Waals surface area contributed by atoms with E-state index in [4.69, 9.17) is 9.47 Å². The van der Waals surface area contributed by atoms with Gasteiger partial charge in [-0.25, -0.2) is 4.98 Å². The van der Waals surface area contributed by atoms with Crippen molar-refractivity contribution in [2.24, 2.45) is 17.3 Å². The van der Waals surface area contributed by atoms with Crippen molar-refractivity contribution in [1.82, 2.24) is 10.3 Å². The highest BCUT2D eigenvalue weighted by Gasteiger charge is 2.44. The third kappa shape index (κ3) is 6.51. The highest BCUT2D eigenvalue weighted by Crippen LogP contribution is 2.33. The van der Waals surface area contributed by atoms with Crippen LogP contribution in [0.25, 0.3) is 6.08 Å². The molecule has 1 aromatic heterocycles. The number of carbonyl (C=O) groups is 2. The quantitative estimate of drug-likeness (QED) is 0.424. The second-order valence-electron chi connectivity index (χ2n) is 10.3. The number of thiazole rings is 1.